The molecule has 2 heterocycles. The normalized spacial score (nSPS) is 22.7. The summed E-state index contributed by atoms with van der Waals surface area (Å²) in [5.41, 5.74) is 0.755. The predicted octanol–water partition coefficient (Wildman–Crippen LogP) is 1.73. The van der Waals surface area contributed by atoms with Gasteiger partial charge < -0.3 is 14.7 Å². The van der Waals surface area contributed by atoms with Crippen LogP contribution in [-0.2, 0) is 0 Å². The molecule has 0 radical (unpaired) electrons. The van der Waals surface area contributed by atoms with Crippen molar-refractivity contribution >= 4 is 5.91 Å². The van der Waals surface area contributed by atoms with Gasteiger partial charge in [0.1, 0.15) is 0 Å². The van der Waals surface area contributed by atoms with E-state index in [2.05, 4.69) is 10.5 Å². The molecule has 1 saturated heterocycles. The van der Waals surface area contributed by atoms with Crippen LogP contribution >= 0.6 is 0 Å². The van der Waals surface area contributed by atoms with Crippen LogP contribution in [0, 0.1) is 6.92 Å². The van der Waals surface area contributed by atoms with Crippen molar-refractivity contribution in [2.45, 2.75) is 44.6 Å². The maximum atomic E-state index is 12.7. The molecule has 2 aliphatic rings. The molecule has 0 bridgehead atoms. The summed E-state index contributed by atoms with van der Waals surface area (Å²) in [7, 11) is 0. The highest BCUT2D eigenvalue weighted by molar-refractivity contribution is 5.92. The van der Waals surface area contributed by atoms with Gasteiger partial charge in [-0.15, -0.1) is 0 Å². The Morgan fingerprint density at radius 1 is 1.42 bits per heavy atom. The van der Waals surface area contributed by atoms with Gasteiger partial charge in [-0.05, 0) is 19.8 Å². The molecule has 1 aromatic rings. The van der Waals surface area contributed by atoms with E-state index in [-0.39, 0.29) is 11.4 Å². The van der Waals surface area contributed by atoms with Crippen LogP contribution < -0.4 is 5.32 Å². The molecule has 5 heteroatoms. The second-order valence-electron chi connectivity index (χ2n) is 5.75. The van der Waals surface area contributed by atoms with Gasteiger partial charge in [0.05, 0.1) is 11.2 Å². The molecule has 2 fully saturated rings. The molecule has 1 aliphatic heterocycles. The molecular formula is C14H21N3O2. The molecule has 1 saturated carbocycles. The Morgan fingerprint density at radius 2 is 2.21 bits per heavy atom. The topological polar surface area (TPSA) is 58.4 Å². The second-order valence-corrected chi connectivity index (χ2v) is 5.75. The molecule has 3 rings (SSSR count). The molecule has 104 valence electrons. The summed E-state index contributed by atoms with van der Waals surface area (Å²) in [5, 5.41) is 7.27. The van der Waals surface area contributed by atoms with Crippen LogP contribution in [-0.4, -0.2) is 41.1 Å². The van der Waals surface area contributed by atoms with E-state index in [1.54, 1.807) is 6.07 Å². The van der Waals surface area contributed by atoms with E-state index in [0.717, 1.165) is 38.2 Å². The lowest BCUT2D eigenvalue weighted by Crippen LogP contribution is -2.63. The first kappa shape index (κ1) is 12.7. The summed E-state index contributed by atoms with van der Waals surface area (Å²) in [6, 6.07) is 1.74. The summed E-state index contributed by atoms with van der Waals surface area (Å²) in [5.74, 6) is 0.383. The van der Waals surface area contributed by atoms with Crippen LogP contribution in [0.5, 0.6) is 0 Å². The Balaban J connectivity index is 1.85. The molecule has 19 heavy (non-hydrogen) atoms. The van der Waals surface area contributed by atoms with Crippen molar-refractivity contribution in [1.82, 2.24) is 15.4 Å². The van der Waals surface area contributed by atoms with Crippen LogP contribution in [0.25, 0.3) is 0 Å². The van der Waals surface area contributed by atoms with Crippen molar-refractivity contribution in [3.8, 4) is 0 Å². The fraction of sp³-hybridized carbons (Fsp3) is 0.714. The monoisotopic (exact) mass is 263 g/mol. The molecular weight excluding hydrogens is 242 g/mol. The molecule has 0 unspecified atom stereocenters. The average molecular weight is 263 g/mol. The number of aromatic nitrogens is 1. The molecule has 1 N–H and O–H groups in total. The zero-order chi connectivity index (χ0) is 13.3. The van der Waals surface area contributed by atoms with E-state index < -0.39 is 0 Å². The number of carbonyl (C=O) groups excluding carboxylic acids is 1. The van der Waals surface area contributed by atoms with Gasteiger partial charge in [-0.1, -0.05) is 24.4 Å². The van der Waals surface area contributed by atoms with Gasteiger partial charge in [0.15, 0.2) is 0 Å². The second kappa shape index (κ2) is 4.96. The van der Waals surface area contributed by atoms with Gasteiger partial charge in [0.2, 0.25) is 5.76 Å². The lowest BCUT2D eigenvalue weighted by atomic mass is 9.79. The van der Waals surface area contributed by atoms with Crippen LogP contribution in [0.15, 0.2) is 10.6 Å². The summed E-state index contributed by atoms with van der Waals surface area (Å²) >= 11 is 0. The van der Waals surface area contributed by atoms with Crippen LogP contribution in [0.3, 0.4) is 0 Å². The summed E-state index contributed by atoms with van der Waals surface area (Å²) < 4.78 is 5.15. The first-order valence-electron chi connectivity index (χ1n) is 7.17. The first-order chi connectivity index (χ1) is 9.21. The third-order valence-electron chi connectivity index (χ3n) is 4.41. The maximum absolute atomic E-state index is 12.7. The zero-order valence-corrected chi connectivity index (χ0v) is 11.4. The SMILES string of the molecule is Cc1cc(C(=O)N2CCNCC23CCCCC3)on1. The number of nitrogens with one attached hydrogen (secondary N) is 1. The average Bonchev–Trinajstić information content (AvgIpc) is 2.86. The van der Waals surface area contributed by atoms with E-state index in [9.17, 15) is 4.79 Å². The quantitative estimate of drug-likeness (QED) is 0.838. The number of hydrogen-bond acceptors (Lipinski definition) is 4. The van der Waals surface area contributed by atoms with Gasteiger partial charge in [-0.2, -0.15) is 0 Å². The van der Waals surface area contributed by atoms with Crippen molar-refractivity contribution in [1.29, 1.82) is 0 Å². The molecule has 5 nitrogen and oxygen atoms in total. The van der Waals surface area contributed by atoms with E-state index in [1.165, 1.54) is 19.3 Å². The summed E-state index contributed by atoms with van der Waals surface area (Å²) in [4.78, 5) is 14.7. The minimum Gasteiger partial charge on any atom is -0.351 e. The number of aryl methyl sites for hydroxylation is 1. The van der Waals surface area contributed by atoms with Crippen molar-refractivity contribution in [3.63, 3.8) is 0 Å². The summed E-state index contributed by atoms with van der Waals surface area (Å²) in [6.07, 6.45) is 5.89. The zero-order valence-electron chi connectivity index (χ0n) is 11.4. The standard InChI is InChI=1S/C14H21N3O2/c1-11-9-12(19-16-11)13(18)17-8-7-15-10-14(17)5-3-2-4-6-14/h9,15H,2-8,10H2,1H3. The fourth-order valence-electron chi connectivity index (χ4n) is 3.42. The van der Waals surface area contributed by atoms with Gasteiger partial charge in [-0.3, -0.25) is 4.79 Å². The Labute approximate surface area is 113 Å². The predicted molar refractivity (Wildman–Crippen MR) is 71.0 cm³/mol. The fourth-order valence-corrected chi connectivity index (χ4v) is 3.42. The van der Waals surface area contributed by atoms with Crippen molar-refractivity contribution < 1.29 is 9.32 Å². The highest BCUT2D eigenvalue weighted by atomic mass is 16.5. The molecule has 1 aromatic heterocycles. The third kappa shape index (κ3) is 2.27. The largest absolute Gasteiger partial charge is 0.351 e. The number of hydrogen-bond donors (Lipinski definition) is 1. The highest BCUT2D eigenvalue weighted by Gasteiger charge is 2.43. The highest BCUT2D eigenvalue weighted by Crippen LogP contribution is 2.35. The van der Waals surface area contributed by atoms with E-state index >= 15 is 0 Å². The van der Waals surface area contributed by atoms with E-state index in [4.69, 9.17) is 4.52 Å². The Bertz CT molecular complexity index is 455. The number of carbonyl (C=O) groups is 1. The van der Waals surface area contributed by atoms with Gasteiger partial charge in [0, 0.05) is 25.7 Å². The van der Waals surface area contributed by atoms with Crippen LogP contribution in [0.4, 0.5) is 0 Å². The number of piperazine rings is 1. The van der Waals surface area contributed by atoms with Gasteiger partial charge >= 0.3 is 0 Å². The molecule has 0 atom stereocenters. The smallest absolute Gasteiger partial charge is 0.293 e. The van der Waals surface area contributed by atoms with Crippen molar-refractivity contribution in [3.05, 3.63) is 17.5 Å². The van der Waals surface area contributed by atoms with Crippen LogP contribution in [0.2, 0.25) is 0 Å². The molecule has 0 aromatic carbocycles. The number of amides is 1. The molecule has 1 spiro atoms. The van der Waals surface area contributed by atoms with Gasteiger partial charge in [0.25, 0.3) is 5.91 Å². The third-order valence-corrected chi connectivity index (χ3v) is 4.41. The van der Waals surface area contributed by atoms with Crippen molar-refractivity contribution in [2.24, 2.45) is 0 Å². The van der Waals surface area contributed by atoms with E-state index in [0.29, 0.717) is 5.76 Å². The first-order valence-corrected chi connectivity index (χ1v) is 7.17. The van der Waals surface area contributed by atoms with E-state index in [1.807, 2.05) is 11.8 Å². The minimum absolute atomic E-state index is 0.00370. The Kier molecular flexibility index (Phi) is 3.31. The Hall–Kier alpha value is -1.36. The number of nitrogens with zero attached hydrogens (tertiary/aromatic N) is 2. The lowest BCUT2D eigenvalue weighted by Gasteiger charge is -2.49. The molecule has 1 amide bonds. The van der Waals surface area contributed by atoms with Crippen molar-refractivity contribution in [2.75, 3.05) is 19.6 Å². The summed E-state index contributed by atoms with van der Waals surface area (Å²) in [6.45, 7) is 4.37. The Morgan fingerprint density at radius 3 is 2.89 bits per heavy atom. The number of rotatable bonds is 1. The minimum atomic E-state index is -0.00568. The lowest BCUT2D eigenvalue weighted by molar-refractivity contribution is 0.0189. The van der Waals surface area contributed by atoms with Gasteiger partial charge in [-0.25, -0.2) is 0 Å². The van der Waals surface area contributed by atoms with Crippen LogP contribution in [0.1, 0.15) is 48.4 Å². The molecule has 1 aliphatic carbocycles. The maximum Gasteiger partial charge on any atom is 0.293 e.